The molecule has 0 saturated carbocycles. The minimum absolute atomic E-state index is 0.0402. The van der Waals surface area contributed by atoms with Crippen molar-refractivity contribution in [3.05, 3.63) is 172 Å². The summed E-state index contributed by atoms with van der Waals surface area (Å²) in [6, 6.07) is 43.9. The molecule has 4 amide bonds. The van der Waals surface area contributed by atoms with Crippen LogP contribution in [-0.4, -0.2) is 39.5 Å². The second-order valence-electron chi connectivity index (χ2n) is 18.8. The lowest BCUT2D eigenvalue weighted by molar-refractivity contribution is 0.0514. The van der Waals surface area contributed by atoms with Crippen molar-refractivity contribution in [1.29, 1.82) is 0 Å². The van der Waals surface area contributed by atoms with Gasteiger partial charge in [0.2, 0.25) is 0 Å². The van der Waals surface area contributed by atoms with Crippen LogP contribution in [0.5, 0.6) is 0 Å². The molecular formula is C59H55N3O5. The molecule has 2 atom stereocenters. The van der Waals surface area contributed by atoms with E-state index in [1.165, 1.54) is 4.90 Å². The molecule has 1 saturated heterocycles. The SMILES string of the molecule is CCCCCCC(CCCCCC)N1C(=O)c2ccc3c4ccc5c6c(ccc(c7ccc(c2c37)C1=O)c64)C(=O)N(Cc1ccc([C@@H]2C[C@H](c3ccccc3)ON2c2ccccc2)cc1)C5=O. The molecule has 8 nitrogen and oxygen atoms in total. The molecular weight excluding hydrogens is 831 g/mol. The summed E-state index contributed by atoms with van der Waals surface area (Å²) >= 11 is 0. The molecule has 3 aliphatic heterocycles. The summed E-state index contributed by atoms with van der Waals surface area (Å²) in [5, 5.41) is 8.64. The molecule has 0 radical (unpaired) electrons. The first-order chi connectivity index (χ1) is 32.9. The van der Waals surface area contributed by atoms with Gasteiger partial charge in [-0.2, -0.15) is 0 Å². The van der Waals surface area contributed by atoms with E-state index >= 15 is 0 Å². The van der Waals surface area contributed by atoms with Crippen molar-refractivity contribution in [3.63, 3.8) is 0 Å². The van der Waals surface area contributed by atoms with Gasteiger partial charge in [-0.1, -0.05) is 162 Å². The Morgan fingerprint density at radius 3 is 1.46 bits per heavy atom. The molecule has 0 unspecified atom stereocenters. The van der Waals surface area contributed by atoms with Crippen LogP contribution >= 0.6 is 0 Å². The molecule has 0 aliphatic carbocycles. The number of imide groups is 2. The van der Waals surface area contributed by atoms with Crippen LogP contribution in [0.2, 0.25) is 0 Å². The van der Waals surface area contributed by atoms with Gasteiger partial charge in [-0.3, -0.25) is 33.8 Å². The van der Waals surface area contributed by atoms with Crippen molar-refractivity contribution in [1.82, 2.24) is 9.80 Å². The van der Waals surface area contributed by atoms with Crippen molar-refractivity contribution >= 4 is 72.4 Å². The number of carbonyl (C=O) groups excluding carboxylic acids is 4. The highest BCUT2D eigenvalue weighted by Crippen LogP contribution is 2.48. The lowest BCUT2D eigenvalue weighted by Crippen LogP contribution is -2.47. The molecule has 11 rings (SSSR count). The first kappa shape index (κ1) is 42.7. The van der Waals surface area contributed by atoms with Crippen LogP contribution in [0, 0.1) is 0 Å². The fourth-order valence-corrected chi connectivity index (χ4v) is 11.4. The van der Waals surface area contributed by atoms with Crippen LogP contribution in [0.1, 0.15) is 155 Å². The van der Waals surface area contributed by atoms with E-state index in [1.807, 2.05) is 102 Å². The van der Waals surface area contributed by atoms with Gasteiger partial charge in [-0.25, -0.2) is 5.06 Å². The number of para-hydroxylation sites is 1. The quantitative estimate of drug-likeness (QED) is 0.0416. The smallest absolute Gasteiger partial charge is 0.261 e. The van der Waals surface area contributed by atoms with E-state index in [0.29, 0.717) is 33.0 Å². The molecule has 0 bridgehead atoms. The normalized spacial score (nSPS) is 17.2. The van der Waals surface area contributed by atoms with E-state index in [0.717, 1.165) is 125 Å². The fraction of sp³-hybridized carbons (Fsp3) is 0.288. The van der Waals surface area contributed by atoms with Crippen LogP contribution in [0.4, 0.5) is 5.69 Å². The van der Waals surface area contributed by atoms with Crippen LogP contribution in [-0.2, 0) is 11.4 Å². The first-order valence-electron chi connectivity index (χ1n) is 24.4. The van der Waals surface area contributed by atoms with E-state index in [4.69, 9.17) is 4.84 Å². The van der Waals surface area contributed by atoms with E-state index in [-0.39, 0.29) is 48.4 Å². The summed E-state index contributed by atoms with van der Waals surface area (Å²) in [6.45, 7) is 4.52. The van der Waals surface area contributed by atoms with Crippen LogP contribution in [0.25, 0.3) is 43.1 Å². The van der Waals surface area contributed by atoms with Crippen LogP contribution < -0.4 is 5.06 Å². The zero-order chi connectivity index (χ0) is 45.8. The number of fused-ring (bicyclic) bond motifs is 2. The van der Waals surface area contributed by atoms with Gasteiger partial charge in [0.05, 0.1) is 18.3 Å². The van der Waals surface area contributed by atoms with Gasteiger partial charge in [0.1, 0.15) is 6.10 Å². The minimum Gasteiger partial charge on any atom is -0.271 e. The number of anilines is 1. The van der Waals surface area contributed by atoms with Crippen molar-refractivity contribution in [3.8, 4) is 0 Å². The molecule has 3 heterocycles. The standard InChI is InChI=1S/C59H55N3O5/c1-3-5-7-13-19-40(20-14-8-6-4-2)61-58(65)48-33-29-44-42-27-31-46-54-47(32-28-43(52(42)54)45-30-34-49(59(61)66)55(48)53(44)45)57(64)60(56(46)63)36-37-23-25-38(26-24-37)50-35-51(39-17-11-9-12-18-39)67-62(50)41-21-15-10-16-22-41/h9-12,15-18,21-34,40,50-51H,3-8,13-14,19-20,35-36H2,1-2H3/t50-,51+/m0/s1. The molecule has 0 aromatic heterocycles. The summed E-state index contributed by atoms with van der Waals surface area (Å²) in [5.41, 5.74) is 6.12. The van der Waals surface area contributed by atoms with Gasteiger partial charge in [0.15, 0.2) is 0 Å². The zero-order valence-corrected chi connectivity index (χ0v) is 38.3. The Labute approximate surface area is 391 Å². The van der Waals surface area contributed by atoms with Gasteiger partial charge in [0, 0.05) is 45.5 Å². The van der Waals surface area contributed by atoms with Gasteiger partial charge >= 0.3 is 0 Å². The number of hydroxylamine groups is 1. The number of hydrogen-bond acceptors (Lipinski definition) is 6. The Morgan fingerprint density at radius 2 is 0.970 bits per heavy atom. The molecule has 8 heteroatoms. The Hall–Kier alpha value is -6.90. The Bertz CT molecular complexity index is 3070. The molecule has 3 aliphatic rings. The predicted octanol–water partition coefficient (Wildman–Crippen LogP) is 14.1. The fourth-order valence-electron chi connectivity index (χ4n) is 11.4. The number of carbonyl (C=O) groups is 4. The first-order valence-corrected chi connectivity index (χ1v) is 24.4. The van der Waals surface area contributed by atoms with E-state index in [9.17, 15) is 19.2 Å². The van der Waals surface area contributed by atoms with Crippen LogP contribution in [0.15, 0.2) is 133 Å². The van der Waals surface area contributed by atoms with E-state index in [2.05, 4.69) is 50.2 Å². The number of unbranched alkanes of at least 4 members (excludes halogenated alkanes) is 6. The van der Waals surface area contributed by atoms with E-state index in [1.54, 1.807) is 4.90 Å². The zero-order valence-electron chi connectivity index (χ0n) is 38.3. The largest absolute Gasteiger partial charge is 0.271 e. The maximum atomic E-state index is 14.6. The van der Waals surface area contributed by atoms with Crippen molar-refractivity contribution in [2.24, 2.45) is 0 Å². The highest BCUT2D eigenvalue weighted by Gasteiger charge is 2.40. The van der Waals surface area contributed by atoms with Crippen LogP contribution in [0.3, 0.4) is 0 Å². The van der Waals surface area contributed by atoms with Gasteiger partial charge < -0.3 is 0 Å². The molecule has 8 aromatic carbocycles. The summed E-state index contributed by atoms with van der Waals surface area (Å²) < 4.78 is 0. The average molecular weight is 886 g/mol. The molecule has 0 N–H and O–H groups in total. The lowest BCUT2D eigenvalue weighted by Gasteiger charge is -2.35. The summed E-state index contributed by atoms with van der Waals surface area (Å²) in [7, 11) is 0. The van der Waals surface area contributed by atoms with Crippen molar-refractivity contribution in [2.45, 2.75) is 109 Å². The monoisotopic (exact) mass is 885 g/mol. The van der Waals surface area contributed by atoms with Crippen molar-refractivity contribution < 1.29 is 24.0 Å². The number of benzene rings is 8. The molecule has 1 fully saturated rings. The third-order valence-electron chi connectivity index (χ3n) is 14.7. The highest BCUT2D eigenvalue weighted by atomic mass is 16.7. The molecule has 336 valence electrons. The third kappa shape index (κ3) is 7.24. The molecule has 8 aromatic rings. The number of nitrogens with zero attached hydrogens (tertiary/aromatic N) is 3. The molecule has 0 spiro atoms. The Kier molecular flexibility index (Phi) is 11.3. The second-order valence-corrected chi connectivity index (χ2v) is 18.8. The molecule has 67 heavy (non-hydrogen) atoms. The predicted molar refractivity (Wildman–Crippen MR) is 267 cm³/mol. The average Bonchev–Trinajstić information content (AvgIpc) is 3.82. The Morgan fingerprint density at radius 1 is 0.493 bits per heavy atom. The maximum absolute atomic E-state index is 14.6. The number of hydrogen-bond donors (Lipinski definition) is 0. The van der Waals surface area contributed by atoms with Gasteiger partial charge in [0.25, 0.3) is 23.6 Å². The maximum Gasteiger partial charge on any atom is 0.261 e. The summed E-state index contributed by atoms with van der Waals surface area (Å²) in [4.78, 5) is 67.8. The topological polar surface area (TPSA) is 87.2 Å². The minimum atomic E-state index is -0.332. The number of rotatable bonds is 16. The number of amides is 4. The van der Waals surface area contributed by atoms with E-state index < -0.39 is 0 Å². The lowest BCUT2D eigenvalue weighted by atomic mass is 9.82. The summed E-state index contributed by atoms with van der Waals surface area (Å²) in [5.74, 6) is -1.08. The summed E-state index contributed by atoms with van der Waals surface area (Å²) in [6.07, 6.45) is 11.0. The van der Waals surface area contributed by atoms with Gasteiger partial charge in [-0.05, 0) is 98.2 Å². The second kappa shape index (κ2) is 17.7. The Balaban J connectivity index is 0.902. The van der Waals surface area contributed by atoms with Crippen molar-refractivity contribution in [2.75, 3.05) is 5.06 Å². The highest BCUT2D eigenvalue weighted by molar-refractivity contribution is 6.41. The third-order valence-corrected chi connectivity index (χ3v) is 14.7. The van der Waals surface area contributed by atoms with Gasteiger partial charge in [-0.15, -0.1) is 0 Å².